The minimum atomic E-state index is -0.766. The minimum Gasteiger partial charge on any atom is -0.483 e. The van der Waals surface area contributed by atoms with Gasteiger partial charge in [0, 0.05) is 31.3 Å². The molecule has 0 bridgehead atoms. The molecule has 4 rings (SSSR count). The second kappa shape index (κ2) is 9.51. The van der Waals surface area contributed by atoms with Crippen molar-refractivity contribution >= 4 is 11.8 Å². The number of carbonyl (C=O) groups excluding carboxylic acids is 2. The van der Waals surface area contributed by atoms with E-state index in [4.69, 9.17) is 4.74 Å². The zero-order valence-electron chi connectivity index (χ0n) is 17.8. The molecule has 2 aliphatic heterocycles. The number of hydrogen-bond donors (Lipinski definition) is 1. The van der Waals surface area contributed by atoms with Gasteiger partial charge in [-0.1, -0.05) is 30.4 Å². The number of benzene rings is 2. The lowest BCUT2D eigenvalue weighted by atomic mass is 9.75. The maximum atomic E-state index is 13.5. The van der Waals surface area contributed by atoms with E-state index in [0.29, 0.717) is 44.6 Å². The molecule has 7 heteroatoms. The van der Waals surface area contributed by atoms with Crippen molar-refractivity contribution < 1.29 is 23.1 Å². The van der Waals surface area contributed by atoms with Gasteiger partial charge in [-0.2, -0.15) is 0 Å². The van der Waals surface area contributed by atoms with E-state index in [1.165, 1.54) is 0 Å². The Morgan fingerprint density at radius 3 is 2.50 bits per heavy atom. The van der Waals surface area contributed by atoms with Crippen molar-refractivity contribution in [2.75, 3.05) is 26.2 Å². The molecule has 168 valence electrons. The quantitative estimate of drug-likeness (QED) is 0.685. The highest BCUT2D eigenvalue weighted by Crippen LogP contribution is 2.36. The summed E-state index contributed by atoms with van der Waals surface area (Å²) in [6.45, 7) is 1.35. The lowest BCUT2D eigenvalue weighted by Gasteiger charge is -2.41. The normalized spacial score (nSPS) is 19.7. The molecular formula is C25H26F2N2O3. The number of rotatable bonds is 1. The van der Waals surface area contributed by atoms with Crippen LogP contribution in [0.3, 0.4) is 0 Å². The van der Waals surface area contributed by atoms with Crippen LogP contribution < -0.4 is 10.1 Å². The summed E-state index contributed by atoms with van der Waals surface area (Å²) in [6.07, 6.45) is 7.08. The molecule has 0 atom stereocenters. The first-order valence-electron chi connectivity index (χ1n) is 10.8. The Bertz CT molecular complexity index is 1010. The number of fused-ring (bicyclic) bond motifs is 1. The van der Waals surface area contributed by atoms with Crippen molar-refractivity contribution in [2.24, 2.45) is 5.41 Å². The van der Waals surface area contributed by atoms with E-state index in [2.05, 4.69) is 17.5 Å². The van der Waals surface area contributed by atoms with Crippen LogP contribution in [-0.2, 0) is 11.2 Å². The Balaban J connectivity index is 1.45. The average molecular weight is 440 g/mol. The molecule has 2 aliphatic rings. The third-order valence-electron chi connectivity index (χ3n) is 6.27. The summed E-state index contributed by atoms with van der Waals surface area (Å²) in [7, 11) is 0. The van der Waals surface area contributed by atoms with Gasteiger partial charge < -0.3 is 15.0 Å². The summed E-state index contributed by atoms with van der Waals surface area (Å²) in [6, 6.07) is 10.6. The number of ether oxygens (including phenoxy) is 1. The van der Waals surface area contributed by atoms with E-state index in [1.807, 2.05) is 24.3 Å². The number of likely N-dealkylation sites (tertiary alicyclic amines) is 1. The predicted molar refractivity (Wildman–Crippen MR) is 116 cm³/mol. The minimum absolute atomic E-state index is 0.0150. The second-order valence-corrected chi connectivity index (χ2v) is 8.50. The van der Waals surface area contributed by atoms with E-state index in [1.54, 1.807) is 4.90 Å². The first-order valence-corrected chi connectivity index (χ1v) is 10.8. The Labute approximate surface area is 186 Å². The van der Waals surface area contributed by atoms with E-state index < -0.39 is 11.6 Å². The molecule has 2 aromatic rings. The lowest BCUT2D eigenvalue weighted by Crippen LogP contribution is -2.48. The van der Waals surface area contributed by atoms with E-state index in [9.17, 15) is 18.4 Å². The Morgan fingerprint density at radius 2 is 1.75 bits per heavy atom. The summed E-state index contributed by atoms with van der Waals surface area (Å²) >= 11 is 0. The molecular weight excluding hydrogens is 414 g/mol. The Morgan fingerprint density at radius 1 is 1.03 bits per heavy atom. The van der Waals surface area contributed by atoms with Gasteiger partial charge in [0.05, 0.1) is 0 Å². The van der Waals surface area contributed by atoms with E-state index in [0.717, 1.165) is 30.2 Å². The fraction of sp³-hybridized carbons (Fsp3) is 0.360. The molecule has 5 nitrogen and oxygen atoms in total. The fourth-order valence-corrected chi connectivity index (χ4v) is 4.33. The molecule has 32 heavy (non-hydrogen) atoms. The Kier molecular flexibility index (Phi) is 6.53. The summed E-state index contributed by atoms with van der Waals surface area (Å²) < 4.78 is 32.7. The van der Waals surface area contributed by atoms with Crippen LogP contribution in [0, 0.1) is 17.0 Å². The number of allylic oxidation sites excluding steroid dienone is 2. The molecule has 0 saturated carbocycles. The number of amides is 2. The van der Waals surface area contributed by atoms with Gasteiger partial charge in [0.2, 0.25) is 0 Å². The van der Waals surface area contributed by atoms with Crippen LogP contribution in [0.2, 0.25) is 0 Å². The molecule has 2 heterocycles. The summed E-state index contributed by atoms with van der Waals surface area (Å²) in [4.78, 5) is 26.7. The summed E-state index contributed by atoms with van der Waals surface area (Å²) in [5.41, 5.74) is 0.851. The highest BCUT2D eigenvalue weighted by atomic mass is 19.1. The number of nitrogens with zero attached hydrogens (tertiary/aromatic N) is 1. The first-order chi connectivity index (χ1) is 15.4. The zero-order valence-corrected chi connectivity index (χ0v) is 17.8. The van der Waals surface area contributed by atoms with Gasteiger partial charge in [-0.3, -0.25) is 9.59 Å². The van der Waals surface area contributed by atoms with Crippen molar-refractivity contribution in [2.45, 2.75) is 25.7 Å². The number of hydrogen-bond acceptors (Lipinski definition) is 3. The van der Waals surface area contributed by atoms with Crippen LogP contribution in [0.15, 0.2) is 54.6 Å². The number of nitrogens with one attached hydrogen (secondary N) is 1. The van der Waals surface area contributed by atoms with Gasteiger partial charge in [-0.05, 0) is 54.9 Å². The van der Waals surface area contributed by atoms with Gasteiger partial charge in [0.15, 0.2) is 6.61 Å². The molecule has 0 aromatic heterocycles. The first kappa shape index (κ1) is 22.0. The number of piperidine rings is 1. The van der Waals surface area contributed by atoms with Gasteiger partial charge in [-0.15, -0.1) is 0 Å². The maximum Gasteiger partial charge on any atom is 0.257 e. The van der Waals surface area contributed by atoms with Gasteiger partial charge in [0.1, 0.15) is 17.4 Å². The Hall–Kier alpha value is -3.22. The molecule has 1 N–H and O–H groups in total. The van der Waals surface area contributed by atoms with Crippen LogP contribution in [0.25, 0.3) is 0 Å². The van der Waals surface area contributed by atoms with Crippen LogP contribution in [-0.4, -0.2) is 43.0 Å². The van der Waals surface area contributed by atoms with Gasteiger partial charge >= 0.3 is 0 Å². The highest BCUT2D eigenvalue weighted by Gasteiger charge is 2.36. The molecule has 2 amide bonds. The molecule has 1 saturated heterocycles. The van der Waals surface area contributed by atoms with E-state index in [-0.39, 0.29) is 29.4 Å². The van der Waals surface area contributed by atoms with Crippen LogP contribution in [0.1, 0.15) is 35.2 Å². The lowest BCUT2D eigenvalue weighted by molar-refractivity contribution is -0.123. The topological polar surface area (TPSA) is 58.6 Å². The third-order valence-corrected chi connectivity index (χ3v) is 6.27. The van der Waals surface area contributed by atoms with Crippen molar-refractivity contribution in [3.63, 3.8) is 0 Å². The fourth-order valence-electron chi connectivity index (χ4n) is 4.33. The molecule has 0 aliphatic carbocycles. The number of carbonyl (C=O) groups is 2. The SMILES string of the molecule is O=C1COc2ccccc2C/C=C/CC2(CCN(C(=O)c3cc(F)cc(F)c3)CC2)CN1. The molecule has 0 radical (unpaired) electrons. The number of halogens is 2. The molecule has 0 unspecified atom stereocenters. The third kappa shape index (κ3) is 5.15. The standard InChI is InChI=1S/C25H26F2N2O3/c26-20-13-19(14-21(27)15-20)24(31)29-11-9-25(10-12-29)8-4-3-6-18-5-1-2-7-22(18)32-16-23(30)28-17-25/h1-5,7,13-15H,6,8-12,16-17H2,(H,28,30)/b4-3+. The van der Waals surface area contributed by atoms with E-state index >= 15 is 0 Å². The van der Waals surface area contributed by atoms with Crippen LogP contribution in [0.4, 0.5) is 8.78 Å². The molecule has 1 spiro atoms. The molecule has 1 fully saturated rings. The molecule has 2 aromatic carbocycles. The van der Waals surface area contributed by atoms with Gasteiger partial charge in [-0.25, -0.2) is 8.78 Å². The smallest absolute Gasteiger partial charge is 0.257 e. The van der Waals surface area contributed by atoms with Crippen molar-refractivity contribution in [1.82, 2.24) is 10.2 Å². The van der Waals surface area contributed by atoms with Gasteiger partial charge in [0.25, 0.3) is 11.8 Å². The highest BCUT2D eigenvalue weighted by molar-refractivity contribution is 5.94. The monoisotopic (exact) mass is 440 g/mol. The van der Waals surface area contributed by atoms with Crippen molar-refractivity contribution in [3.05, 3.63) is 77.4 Å². The number of para-hydroxylation sites is 1. The maximum absolute atomic E-state index is 13.5. The van der Waals surface area contributed by atoms with Crippen molar-refractivity contribution in [1.29, 1.82) is 0 Å². The second-order valence-electron chi connectivity index (χ2n) is 8.50. The largest absolute Gasteiger partial charge is 0.483 e. The predicted octanol–water partition coefficient (Wildman–Crippen LogP) is 3.88. The summed E-state index contributed by atoms with van der Waals surface area (Å²) in [5, 5.41) is 2.98. The zero-order chi connectivity index (χ0) is 22.6. The summed E-state index contributed by atoms with van der Waals surface area (Å²) in [5.74, 6) is -1.38. The van der Waals surface area contributed by atoms with Crippen LogP contribution in [0.5, 0.6) is 5.75 Å². The van der Waals surface area contributed by atoms with Crippen molar-refractivity contribution in [3.8, 4) is 5.75 Å². The van der Waals surface area contributed by atoms with Crippen LogP contribution >= 0.6 is 0 Å². The average Bonchev–Trinajstić information content (AvgIpc) is 2.78.